The summed E-state index contributed by atoms with van der Waals surface area (Å²) in [7, 11) is -0.740. The number of nitrogens with one attached hydrogen (secondary N) is 1. The lowest BCUT2D eigenvalue weighted by Gasteiger charge is -2.12. The van der Waals surface area contributed by atoms with E-state index < -0.39 is 15.9 Å². The molecule has 2 aromatic carbocycles. The maximum Gasteiger partial charge on any atom is 0.262 e. The number of para-hydroxylation sites is 1. The number of hydrogen-bond donors (Lipinski definition) is 1. The first kappa shape index (κ1) is 23.7. The molecule has 0 atom stereocenters. The van der Waals surface area contributed by atoms with Gasteiger partial charge in [0.05, 0.1) is 10.6 Å². The van der Waals surface area contributed by atoms with E-state index in [9.17, 15) is 18.5 Å². The highest BCUT2D eigenvalue weighted by Crippen LogP contribution is 2.28. The van der Waals surface area contributed by atoms with Gasteiger partial charge in [-0.15, -0.1) is 6.58 Å². The first-order valence-electron chi connectivity index (χ1n) is 9.97. The van der Waals surface area contributed by atoms with Gasteiger partial charge in [-0.25, -0.2) is 17.4 Å². The van der Waals surface area contributed by atoms with Crippen molar-refractivity contribution < 1.29 is 13.2 Å². The molecule has 0 aliphatic carbocycles. The van der Waals surface area contributed by atoms with Crippen molar-refractivity contribution in [1.29, 1.82) is 5.26 Å². The summed E-state index contributed by atoms with van der Waals surface area (Å²) in [6, 6.07) is 17.6. The minimum Gasteiger partial charge on any atom is -0.348 e. The second-order valence-corrected chi connectivity index (χ2v) is 9.35. The SMILES string of the molecule is C=CCNC(=O)C(C#N)=Cc1cn(-c2ccccc2)nc1-c1cccc(S(=O)(=O)N(C)C)c1. The van der Waals surface area contributed by atoms with E-state index in [0.717, 1.165) is 9.99 Å². The number of nitrogens with zero attached hydrogens (tertiary/aromatic N) is 4. The number of rotatable bonds is 8. The molecule has 1 heterocycles. The Morgan fingerprint density at radius 1 is 1.21 bits per heavy atom. The number of amides is 1. The fourth-order valence-electron chi connectivity index (χ4n) is 3.01. The highest BCUT2D eigenvalue weighted by Gasteiger charge is 2.20. The molecule has 0 saturated carbocycles. The molecule has 0 bridgehead atoms. The molecule has 9 heteroatoms. The molecule has 0 saturated heterocycles. The van der Waals surface area contributed by atoms with Crippen molar-refractivity contribution in [2.75, 3.05) is 20.6 Å². The Morgan fingerprint density at radius 3 is 2.58 bits per heavy atom. The van der Waals surface area contributed by atoms with Gasteiger partial charge in [0, 0.05) is 38.0 Å². The Kier molecular flexibility index (Phi) is 7.23. The van der Waals surface area contributed by atoms with E-state index in [-0.39, 0.29) is 17.0 Å². The van der Waals surface area contributed by atoms with Gasteiger partial charge in [0.15, 0.2) is 0 Å². The van der Waals surface area contributed by atoms with E-state index in [1.807, 2.05) is 36.4 Å². The van der Waals surface area contributed by atoms with Gasteiger partial charge in [-0.1, -0.05) is 36.4 Å². The summed E-state index contributed by atoms with van der Waals surface area (Å²) in [5.74, 6) is -0.542. The number of carbonyl (C=O) groups is 1. The van der Waals surface area contributed by atoms with Gasteiger partial charge in [-0.3, -0.25) is 4.79 Å². The number of carbonyl (C=O) groups excluding carboxylic acids is 1. The van der Waals surface area contributed by atoms with Crippen molar-refractivity contribution in [2.45, 2.75) is 4.90 Å². The summed E-state index contributed by atoms with van der Waals surface area (Å²) in [4.78, 5) is 12.5. The summed E-state index contributed by atoms with van der Waals surface area (Å²) in [5.41, 5.74) is 2.11. The molecule has 3 aromatic rings. The van der Waals surface area contributed by atoms with Crippen molar-refractivity contribution in [3.63, 3.8) is 0 Å². The smallest absolute Gasteiger partial charge is 0.262 e. The Balaban J connectivity index is 2.18. The summed E-state index contributed by atoms with van der Waals surface area (Å²) >= 11 is 0. The fourth-order valence-corrected chi connectivity index (χ4v) is 3.96. The van der Waals surface area contributed by atoms with E-state index in [4.69, 9.17) is 0 Å². The van der Waals surface area contributed by atoms with Crippen LogP contribution in [0.15, 0.2) is 83.9 Å². The van der Waals surface area contributed by atoms with Crippen LogP contribution >= 0.6 is 0 Å². The third kappa shape index (κ3) is 5.26. The molecule has 3 rings (SSSR count). The first-order valence-corrected chi connectivity index (χ1v) is 11.4. The van der Waals surface area contributed by atoms with Crippen molar-refractivity contribution in [1.82, 2.24) is 19.4 Å². The van der Waals surface area contributed by atoms with Gasteiger partial charge in [-0.2, -0.15) is 10.4 Å². The van der Waals surface area contributed by atoms with Crippen molar-refractivity contribution in [3.05, 3.63) is 84.6 Å². The lowest BCUT2D eigenvalue weighted by atomic mass is 10.1. The first-order chi connectivity index (χ1) is 15.8. The molecular formula is C24H23N5O3S. The number of hydrogen-bond acceptors (Lipinski definition) is 5. The zero-order chi connectivity index (χ0) is 24.0. The molecule has 0 aliphatic heterocycles. The maximum absolute atomic E-state index is 12.6. The lowest BCUT2D eigenvalue weighted by Crippen LogP contribution is -2.24. The number of sulfonamides is 1. The predicted octanol–water partition coefficient (Wildman–Crippen LogP) is 3.00. The van der Waals surface area contributed by atoms with Crippen LogP contribution in [0.5, 0.6) is 0 Å². The molecule has 0 radical (unpaired) electrons. The van der Waals surface area contributed by atoms with Gasteiger partial charge in [0.25, 0.3) is 5.91 Å². The summed E-state index contributed by atoms with van der Waals surface area (Å²) in [6.07, 6.45) is 4.64. The van der Waals surface area contributed by atoms with Crippen LogP contribution in [-0.4, -0.2) is 49.1 Å². The molecule has 1 aromatic heterocycles. The van der Waals surface area contributed by atoms with Gasteiger partial charge in [0.1, 0.15) is 17.3 Å². The van der Waals surface area contributed by atoms with Crippen molar-refractivity contribution in [3.8, 4) is 23.0 Å². The summed E-state index contributed by atoms with van der Waals surface area (Å²) in [6.45, 7) is 3.77. The van der Waals surface area contributed by atoms with Crippen LogP contribution in [0.2, 0.25) is 0 Å². The van der Waals surface area contributed by atoms with Crippen LogP contribution in [0, 0.1) is 11.3 Å². The van der Waals surface area contributed by atoms with E-state index in [1.165, 1.54) is 38.4 Å². The topological polar surface area (TPSA) is 108 Å². The molecular weight excluding hydrogens is 438 g/mol. The summed E-state index contributed by atoms with van der Waals surface area (Å²) < 4.78 is 28.0. The Hall–Kier alpha value is -4.00. The highest BCUT2D eigenvalue weighted by atomic mass is 32.2. The van der Waals surface area contributed by atoms with Crippen LogP contribution in [0.4, 0.5) is 0 Å². The van der Waals surface area contributed by atoms with Gasteiger partial charge in [-0.05, 0) is 30.3 Å². The quantitative estimate of drug-likeness (QED) is 0.315. The Labute approximate surface area is 193 Å². The maximum atomic E-state index is 12.6. The second-order valence-electron chi connectivity index (χ2n) is 7.20. The largest absolute Gasteiger partial charge is 0.348 e. The van der Waals surface area contributed by atoms with E-state index in [2.05, 4.69) is 17.0 Å². The molecule has 0 spiro atoms. The van der Waals surface area contributed by atoms with E-state index >= 15 is 0 Å². The fraction of sp³-hybridized carbons (Fsp3) is 0.125. The second kappa shape index (κ2) is 10.1. The zero-order valence-electron chi connectivity index (χ0n) is 18.3. The molecule has 0 aliphatic rings. The standard InChI is InChI=1S/C24H23N5O3S/c1-4-13-26-24(30)19(16-25)14-20-17-29(21-10-6-5-7-11-21)27-23(20)18-9-8-12-22(15-18)33(31,32)28(2)3/h4-12,14-15,17H,1,13H2,2-3H3,(H,26,30). The average Bonchev–Trinajstić information content (AvgIpc) is 3.25. The number of benzene rings is 2. The molecule has 168 valence electrons. The minimum absolute atomic E-state index is 0.109. The van der Waals surface area contributed by atoms with Crippen LogP contribution < -0.4 is 5.32 Å². The molecule has 33 heavy (non-hydrogen) atoms. The third-order valence-electron chi connectivity index (χ3n) is 4.72. The Morgan fingerprint density at radius 2 is 1.94 bits per heavy atom. The zero-order valence-corrected chi connectivity index (χ0v) is 19.1. The monoisotopic (exact) mass is 461 g/mol. The predicted molar refractivity (Wildman–Crippen MR) is 127 cm³/mol. The highest BCUT2D eigenvalue weighted by molar-refractivity contribution is 7.89. The van der Waals surface area contributed by atoms with Crippen LogP contribution in [0.3, 0.4) is 0 Å². The molecule has 0 unspecified atom stereocenters. The van der Waals surface area contributed by atoms with Gasteiger partial charge < -0.3 is 5.32 Å². The summed E-state index contributed by atoms with van der Waals surface area (Å²) in [5, 5.41) is 16.8. The third-order valence-corrected chi connectivity index (χ3v) is 6.53. The van der Waals surface area contributed by atoms with Crippen LogP contribution in [0.1, 0.15) is 5.56 Å². The lowest BCUT2D eigenvalue weighted by molar-refractivity contribution is -0.116. The van der Waals surface area contributed by atoms with Gasteiger partial charge in [0.2, 0.25) is 10.0 Å². The number of aromatic nitrogens is 2. The van der Waals surface area contributed by atoms with Crippen molar-refractivity contribution in [2.24, 2.45) is 0 Å². The van der Waals surface area contributed by atoms with Crippen LogP contribution in [-0.2, 0) is 14.8 Å². The Bertz CT molecular complexity index is 1350. The minimum atomic E-state index is -3.66. The number of nitriles is 1. The van der Waals surface area contributed by atoms with Crippen molar-refractivity contribution >= 4 is 22.0 Å². The van der Waals surface area contributed by atoms with E-state index in [1.54, 1.807) is 23.0 Å². The molecule has 8 nitrogen and oxygen atoms in total. The molecule has 1 amide bonds. The molecule has 0 fully saturated rings. The van der Waals surface area contributed by atoms with Crippen LogP contribution in [0.25, 0.3) is 23.0 Å². The van der Waals surface area contributed by atoms with Gasteiger partial charge >= 0.3 is 0 Å². The van der Waals surface area contributed by atoms with E-state index in [0.29, 0.717) is 16.8 Å². The molecule has 1 N–H and O–H groups in total. The average molecular weight is 462 g/mol. The normalized spacial score (nSPS) is 11.8.